The van der Waals surface area contributed by atoms with E-state index in [2.05, 4.69) is 33.6 Å². The standard InChI is InChI=1S/C23H32N6O6S/c1-11(2)19(22(33)28-17(23(34)35)8-18(25)30)29-21(32)16(27-20(31)14(24)10-36)7-12-9-26-15-6-4-3-5-13(12)15/h3-6,9,11,14,16-17,19,26,36H,7-8,10,24H2,1-2H3,(H2,25,30)(H,27,31)(H,28,33)(H,29,32)(H,34,35). The van der Waals surface area contributed by atoms with Gasteiger partial charge >= 0.3 is 5.97 Å². The first kappa shape index (κ1) is 28.7. The first-order valence-electron chi connectivity index (χ1n) is 11.3. The summed E-state index contributed by atoms with van der Waals surface area (Å²) in [6.45, 7) is 3.30. The molecule has 9 N–H and O–H groups in total. The van der Waals surface area contributed by atoms with E-state index in [0.717, 1.165) is 16.5 Å². The van der Waals surface area contributed by atoms with Crippen molar-refractivity contribution in [1.29, 1.82) is 0 Å². The van der Waals surface area contributed by atoms with E-state index in [1.54, 1.807) is 20.0 Å². The summed E-state index contributed by atoms with van der Waals surface area (Å²) in [6.07, 6.45) is 1.21. The molecule has 196 valence electrons. The maximum atomic E-state index is 13.3. The van der Waals surface area contributed by atoms with E-state index in [1.807, 2.05) is 24.3 Å². The third kappa shape index (κ3) is 7.71. The third-order valence-corrected chi connectivity index (χ3v) is 5.93. The lowest BCUT2D eigenvalue weighted by molar-refractivity contribution is -0.144. The second-order valence-corrected chi connectivity index (χ2v) is 9.08. The van der Waals surface area contributed by atoms with Gasteiger partial charge in [-0.3, -0.25) is 19.2 Å². The minimum atomic E-state index is -1.55. The number of carboxylic acids is 1. The number of thiol groups is 1. The van der Waals surface area contributed by atoms with Gasteiger partial charge in [-0.1, -0.05) is 32.0 Å². The van der Waals surface area contributed by atoms with Gasteiger partial charge in [0.2, 0.25) is 23.6 Å². The van der Waals surface area contributed by atoms with Crippen molar-refractivity contribution in [2.45, 2.75) is 50.9 Å². The number of fused-ring (bicyclic) bond motifs is 1. The second-order valence-electron chi connectivity index (χ2n) is 8.71. The molecule has 0 aliphatic carbocycles. The largest absolute Gasteiger partial charge is 0.480 e. The average molecular weight is 521 g/mol. The number of H-pyrrole nitrogens is 1. The van der Waals surface area contributed by atoms with E-state index >= 15 is 0 Å². The molecule has 4 atom stereocenters. The maximum absolute atomic E-state index is 13.3. The topological polar surface area (TPSA) is 210 Å². The fourth-order valence-electron chi connectivity index (χ4n) is 3.54. The van der Waals surface area contributed by atoms with Crippen LogP contribution in [0, 0.1) is 5.92 Å². The molecule has 1 aromatic heterocycles. The minimum Gasteiger partial charge on any atom is -0.480 e. The summed E-state index contributed by atoms with van der Waals surface area (Å²) in [5.41, 5.74) is 12.4. The van der Waals surface area contributed by atoms with E-state index in [9.17, 15) is 29.1 Å². The molecule has 4 unspecified atom stereocenters. The molecular weight excluding hydrogens is 488 g/mol. The highest BCUT2D eigenvalue weighted by atomic mass is 32.1. The highest BCUT2D eigenvalue weighted by Gasteiger charge is 2.32. The third-order valence-electron chi connectivity index (χ3n) is 5.53. The quantitative estimate of drug-likeness (QED) is 0.155. The number of carbonyl (C=O) groups is 5. The van der Waals surface area contributed by atoms with Crippen LogP contribution in [0.3, 0.4) is 0 Å². The molecule has 0 saturated heterocycles. The van der Waals surface area contributed by atoms with Crippen molar-refractivity contribution in [3.8, 4) is 0 Å². The molecule has 0 saturated carbocycles. The summed E-state index contributed by atoms with van der Waals surface area (Å²) >= 11 is 4.02. The first-order valence-corrected chi connectivity index (χ1v) is 11.9. The minimum absolute atomic E-state index is 0.0563. The molecule has 13 heteroatoms. The zero-order valence-electron chi connectivity index (χ0n) is 20.0. The number of amides is 4. The lowest BCUT2D eigenvalue weighted by atomic mass is 10.00. The highest BCUT2D eigenvalue weighted by Crippen LogP contribution is 2.19. The highest BCUT2D eigenvalue weighted by molar-refractivity contribution is 7.80. The number of aromatic amines is 1. The van der Waals surface area contributed by atoms with Gasteiger partial charge in [0.15, 0.2) is 0 Å². The molecule has 1 heterocycles. The Labute approximate surface area is 213 Å². The summed E-state index contributed by atoms with van der Waals surface area (Å²) in [5.74, 6) is -4.83. The zero-order chi connectivity index (χ0) is 27.0. The van der Waals surface area contributed by atoms with Gasteiger partial charge in [0.05, 0.1) is 12.5 Å². The van der Waals surface area contributed by atoms with Gasteiger partial charge in [0.25, 0.3) is 0 Å². The molecular formula is C23H32N6O6S. The summed E-state index contributed by atoms with van der Waals surface area (Å²) in [4.78, 5) is 64.3. The van der Waals surface area contributed by atoms with E-state index in [-0.39, 0.29) is 12.2 Å². The fraction of sp³-hybridized carbons (Fsp3) is 0.435. The molecule has 0 spiro atoms. The molecule has 0 radical (unpaired) electrons. The van der Waals surface area contributed by atoms with Gasteiger partial charge in [-0.2, -0.15) is 12.6 Å². The van der Waals surface area contributed by atoms with Gasteiger partial charge in [-0.25, -0.2) is 4.79 Å². The summed E-state index contributed by atoms with van der Waals surface area (Å²) < 4.78 is 0. The molecule has 36 heavy (non-hydrogen) atoms. The van der Waals surface area contributed by atoms with E-state index in [4.69, 9.17) is 11.5 Å². The number of para-hydroxylation sites is 1. The number of hydrogen-bond acceptors (Lipinski definition) is 7. The van der Waals surface area contributed by atoms with Crippen molar-refractivity contribution in [2.75, 3.05) is 5.75 Å². The lowest BCUT2D eigenvalue weighted by Gasteiger charge is -2.27. The normalized spacial score (nSPS) is 14.5. The van der Waals surface area contributed by atoms with Crippen molar-refractivity contribution in [3.05, 3.63) is 36.0 Å². The number of primary amides is 1. The zero-order valence-corrected chi connectivity index (χ0v) is 20.9. The van der Waals surface area contributed by atoms with Crippen molar-refractivity contribution in [1.82, 2.24) is 20.9 Å². The number of benzene rings is 1. The Bertz CT molecular complexity index is 1120. The Morgan fingerprint density at radius 2 is 1.64 bits per heavy atom. The summed E-state index contributed by atoms with van der Waals surface area (Å²) in [6, 6.07) is 2.66. The van der Waals surface area contributed by atoms with E-state index in [0.29, 0.717) is 0 Å². The molecule has 1 aromatic carbocycles. The van der Waals surface area contributed by atoms with Crippen molar-refractivity contribution in [2.24, 2.45) is 17.4 Å². The second kappa shape index (κ2) is 12.9. The SMILES string of the molecule is CC(C)C(NC(=O)C(Cc1c[nH]c2ccccc12)NC(=O)C(N)CS)C(=O)NC(CC(N)=O)C(=O)O. The summed E-state index contributed by atoms with van der Waals surface area (Å²) in [7, 11) is 0. The maximum Gasteiger partial charge on any atom is 0.326 e. The Kier molecular flexibility index (Phi) is 10.3. The molecule has 0 bridgehead atoms. The predicted octanol–water partition coefficient (Wildman–Crippen LogP) is -0.962. The average Bonchev–Trinajstić information content (AvgIpc) is 3.22. The number of carbonyl (C=O) groups excluding carboxylic acids is 4. The van der Waals surface area contributed by atoms with Crippen LogP contribution in [0.15, 0.2) is 30.5 Å². The monoisotopic (exact) mass is 520 g/mol. The molecule has 2 rings (SSSR count). The van der Waals surface area contributed by atoms with Gasteiger partial charge in [-0.15, -0.1) is 0 Å². The van der Waals surface area contributed by atoms with Crippen LogP contribution in [0.4, 0.5) is 0 Å². The Hall–Kier alpha value is -3.58. The summed E-state index contributed by atoms with van der Waals surface area (Å²) in [5, 5.41) is 17.6. The van der Waals surface area contributed by atoms with Gasteiger partial charge < -0.3 is 37.5 Å². The smallest absolute Gasteiger partial charge is 0.326 e. The van der Waals surface area contributed by atoms with Gasteiger partial charge in [0, 0.05) is 29.3 Å². The van der Waals surface area contributed by atoms with Crippen LogP contribution in [0.1, 0.15) is 25.8 Å². The number of nitrogens with two attached hydrogens (primary N) is 2. The number of aromatic nitrogens is 1. The molecule has 0 fully saturated rings. The van der Waals surface area contributed by atoms with Gasteiger partial charge in [0.1, 0.15) is 18.1 Å². The number of rotatable bonds is 13. The molecule has 0 aliphatic heterocycles. The molecule has 12 nitrogen and oxygen atoms in total. The van der Waals surface area contributed by atoms with Crippen LogP contribution in [0.5, 0.6) is 0 Å². The number of aliphatic carboxylic acids is 1. The predicted molar refractivity (Wildman–Crippen MR) is 136 cm³/mol. The molecule has 2 aromatic rings. The van der Waals surface area contributed by atoms with Crippen LogP contribution in [-0.4, -0.2) is 69.6 Å². The Morgan fingerprint density at radius 1 is 1.00 bits per heavy atom. The van der Waals surface area contributed by atoms with Crippen LogP contribution in [0.2, 0.25) is 0 Å². The number of carboxylic acid groups (broad SMARTS) is 1. The molecule has 0 aliphatic rings. The van der Waals surface area contributed by atoms with Crippen LogP contribution >= 0.6 is 12.6 Å². The lowest BCUT2D eigenvalue weighted by Crippen LogP contribution is -2.59. The van der Waals surface area contributed by atoms with Crippen molar-refractivity contribution in [3.63, 3.8) is 0 Å². The van der Waals surface area contributed by atoms with Crippen LogP contribution in [-0.2, 0) is 30.4 Å². The van der Waals surface area contributed by atoms with Crippen LogP contribution in [0.25, 0.3) is 10.9 Å². The Balaban J connectivity index is 2.27. The van der Waals surface area contributed by atoms with Crippen molar-refractivity contribution < 1.29 is 29.1 Å². The van der Waals surface area contributed by atoms with Crippen molar-refractivity contribution >= 4 is 53.1 Å². The van der Waals surface area contributed by atoms with Crippen LogP contribution < -0.4 is 27.4 Å². The first-order chi connectivity index (χ1) is 16.9. The van der Waals surface area contributed by atoms with E-state index < -0.39 is 66.1 Å². The molecule has 4 amide bonds. The number of nitrogens with one attached hydrogen (secondary N) is 4. The van der Waals surface area contributed by atoms with Gasteiger partial charge in [-0.05, 0) is 17.5 Å². The fourth-order valence-corrected chi connectivity index (χ4v) is 3.71. The Morgan fingerprint density at radius 3 is 2.22 bits per heavy atom. The number of hydrogen-bond donors (Lipinski definition) is 8. The van der Waals surface area contributed by atoms with E-state index in [1.165, 1.54) is 0 Å².